The maximum absolute atomic E-state index is 8.00. The summed E-state index contributed by atoms with van der Waals surface area (Å²) in [7, 11) is 0. The molecule has 5 heavy (non-hydrogen) atoms. The van der Waals surface area contributed by atoms with E-state index in [-0.39, 0.29) is 84.0 Å². The zero-order valence-corrected chi connectivity index (χ0v) is 5.30. The minimum atomic E-state index is 0. The van der Waals surface area contributed by atoms with E-state index in [9.17, 15) is 0 Å². The first-order chi connectivity index (χ1) is 1.00. The minimum absolute atomic E-state index is 0. The number of hydrogen-bond acceptors (Lipinski definition) is 1. The van der Waals surface area contributed by atoms with Crippen LogP contribution in [0, 0.1) is 0 Å². The Kier molecular flexibility index (Phi) is 136. The van der Waals surface area contributed by atoms with Gasteiger partial charge in [-0.05, 0) is 0 Å². The number of rotatable bonds is 0. The van der Waals surface area contributed by atoms with E-state index in [0.717, 1.165) is 0 Å². The molecule has 0 N–H and O–H groups in total. The van der Waals surface area contributed by atoms with Crippen molar-refractivity contribution in [1.29, 1.82) is 0 Å². The zero-order chi connectivity index (χ0) is 2.00. The molecule has 0 aliphatic heterocycles. The zero-order valence-electron chi connectivity index (χ0n) is 1.60. The van der Waals surface area contributed by atoms with Crippen LogP contribution >= 0.6 is 0 Å². The molecule has 0 amide bonds. The van der Waals surface area contributed by atoms with Gasteiger partial charge >= 0.3 is 65.3 Å². The molecule has 0 aromatic rings. The van der Waals surface area contributed by atoms with Crippen LogP contribution in [0.3, 0.4) is 0 Å². The third-order valence-corrected chi connectivity index (χ3v) is 0. The molecule has 0 aromatic carbocycles. The Hall–Kier alpha value is 3.02. The predicted octanol–water partition coefficient (Wildman–Crippen LogP) is -1.04. The van der Waals surface area contributed by atoms with Crippen LogP contribution in [-0.4, -0.2) is 45.5 Å². The molecule has 1 nitrogen and oxygen atoms in total. The SMILES string of the molecule is [Co].[O]=[Fe].[SrH2].[Ti]. The van der Waals surface area contributed by atoms with Gasteiger partial charge in [0.2, 0.25) is 0 Å². The van der Waals surface area contributed by atoms with Crippen LogP contribution < -0.4 is 0 Å². The summed E-state index contributed by atoms with van der Waals surface area (Å²) in [6, 6.07) is 0. The molecular formula is H2CoFeOSrTi. The van der Waals surface area contributed by atoms with E-state index < -0.39 is 0 Å². The van der Waals surface area contributed by atoms with Gasteiger partial charge in [-0.25, -0.2) is 0 Å². The van der Waals surface area contributed by atoms with Gasteiger partial charge in [0.1, 0.15) is 0 Å². The molecule has 0 rings (SSSR count). The van der Waals surface area contributed by atoms with Gasteiger partial charge in [-0.1, -0.05) is 0 Å². The summed E-state index contributed by atoms with van der Waals surface area (Å²) in [5, 5.41) is 0. The van der Waals surface area contributed by atoms with Crippen molar-refractivity contribution in [3.63, 3.8) is 0 Å². The smallest absolute Gasteiger partial charge is 0 e. The van der Waals surface area contributed by atoms with Gasteiger partial charge in [-0.15, -0.1) is 0 Å². The molecule has 0 fully saturated rings. The van der Waals surface area contributed by atoms with E-state index in [0.29, 0.717) is 0 Å². The molecule has 0 heterocycles. The Balaban J connectivity index is -0.00000000167. The van der Waals surface area contributed by atoms with E-state index >= 15 is 0 Å². The maximum atomic E-state index is 8.00. The van der Waals surface area contributed by atoms with Crippen molar-refractivity contribution < 1.29 is 58.3 Å². The van der Waals surface area contributed by atoms with Crippen molar-refractivity contribution in [1.82, 2.24) is 0 Å². The van der Waals surface area contributed by atoms with E-state index in [1.807, 2.05) is 15.9 Å². The molecule has 0 saturated heterocycles. The molecule has 0 bridgehead atoms. The number of hydrogen-bond donors (Lipinski definition) is 0. The molecule has 0 saturated carbocycles. The monoisotopic (exact) mass is 269 g/mol. The molecule has 0 atom stereocenters. The van der Waals surface area contributed by atoms with Crippen LogP contribution in [0.2, 0.25) is 0 Å². The van der Waals surface area contributed by atoms with Gasteiger partial charge in [-0.2, -0.15) is 0 Å². The first-order valence-corrected chi connectivity index (χ1v) is 0.595. The Morgan fingerprint density at radius 3 is 1.20 bits per heavy atom. The quantitative estimate of drug-likeness (QED) is 0.513. The maximum Gasteiger partial charge on any atom is 0 e. The third kappa shape index (κ3) is 19.4. The molecular weight excluding hydrogens is 266 g/mol. The van der Waals surface area contributed by atoms with Gasteiger partial charge < -0.3 is 0 Å². The van der Waals surface area contributed by atoms with E-state index in [2.05, 4.69) is 0 Å². The summed E-state index contributed by atoms with van der Waals surface area (Å²) in [4.78, 5) is 0. The Morgan fingerprint density at radius 2 is 1.20 bits per heavy atom. The van der Waals surface area contributed by atoms with Crippen molar-refractivity contribution in [2.45, 2.75) is 0 Å². The van der Waals surface area contributed by atoms with Crippen molar-refractivity contribution in [3.8, 4) is 0 Å². The average molecular weight is 268 g/mol. The van der Waals surface area contributed by atoms with Gasteiger partial charge in [0.15, 0.2) is 0 Å². The second kappa shape index (κ2) is 27.9. The second-order valence-corrected chi connectivity index (χ2v) is 0. The van der Waals surface area contributed by atoms with Crippen LogP contribution in [0.4, 0.5) is 0 Å². The molecule has 0 unspecified atom stereocenters. The van der Waals surface area contributed by atoms with Crippen molar-refractivity contribution in [3.05, 3.63) is 0 Å². The van der Waals surface area contributed by atoms with Crippen LogP contribution in [0.15, 0.2) is 0 Å². The predicted molar refractivity (Wildman–Crippen MR) is 9.23 cm³/mol. The molecule has 0 spiro atoms. The fourth-order valence-electron chi connectivity index (χ4n) is 0. The van der Waals surface area contributed by atoms with Crippen LogP contribution in [0.25, 0.3) is 0 Å². The van der Waals surface area contributed by atoms with Gasteiger partial charge in [-0.3, -0.25) is 0 Å². The van der Waals surface area contributed by atoms with Crippen molar-refractivity contribution >= 4 is 45.5 Å². The molecule has 1 radical (unpaired) electrons. The minimum Gasteiger partial charge on any atom is 0 e. The fourth-order valence-corrected chi connectivity index (χ4v) is 0. The van der Waals surface area contributed by atoms with E-state index in [1.54, 1.807) is 0 Å². The normalized spacial score (nSPS) is 1.00. The summed E-state index contributed by atoms with van der Waals surface area (Å²) in [5.41, 5.74) is 0. The standard InChI is InChI=1S/Co.Fe.O.Sr.Ti.2H. The summed E-state index contributed by atoms with van der Waals surface area (Å²) in [6.45, 7) is 0. The first kappa shape index (κ1) is 24.5. The molecule has 0 aliphatic rings. The largest absolute Gasteiger partial charge is 0 e. The summed E-state index contributed by atoms with van der Waals surface area (Å²) in [6.07, 6.45) is 0. The van der Waals surface area contributed by atoms with Crippen molar-refractivity contribution in [2.24, 2.45) is 0 Å². The second-order valence-electron chi connectivity index (χ2n) is 0. The molecule has 31 valence electrons. The van der Waals surface area contributed by atoms with Gasteiger partial charge in [0.05, 0.1) is 0 Å². The summed E-state index contributed by atoms with van der Waals surface area (Å²) < 4.78 is 8.00. The summed E-state index contributed by atoms with van der Waals surface area (Å²) in [5.74, 6) is 0. The van der Waals surface area contributed by atoms with Gasteiger partial charge in [0, 0.05) is 38.5 Å². The van der Waals surface area contributed by atoms with Crippen LogP contribution in [0.1, 0.15) is 0 Å². The first-order valence-electron chi connectivity index (χ1n) is 0.144. The molecule has 0 aliphatic carbocycles. The third-order valence-electron chi connectivity index (χ3n) is 0. The molecule has 5 heteroatoms. The topological polar surface area (TPSA) is 17.1 Å². The van der Waals surface area contributed by atoms with E-state index in [4.69, 9.17) is 3.83 Å². The molecule has 0 aromatic heterocycles. The van der Waals surface area contributed by atoms with Crippen molar-refractivity contribution in [2.75, 3.05) is 0 Å². The Labute approximate surface area is 101 Å². The average Bonchev–Trinajstić information content (AvgIpc) is 1.00. The van der Waals surface area contributed by atoms with Crippen LogP contribution in [0.5, 0.6) is 0 Å². The summed E-state index contributed by atoms with van der Waals surface area (Å²) >= 11 is 2.00. The van der Waals surface area contributed by atoms with Gasteiger partial charge in [0.25, 0.3) is 0 Å². The Morgan fingerprint density at radius 1 is 1.20 bits per heavy atom. The Bertz CT molecular complexity index is 11.6. The van der Waals surface area contributed by atoms with E-state index in [1.165, 1.54) is 0 Å². The fraction of sp³-hybridized carbons (Fsp3) is 0. The van der Waals surface area contributed by atoms with Crippen LogP contribution in [-0.2, 0) is 58.3 Å².